The molecule has 1 aliphatic heterocycles. The molecule has 3 rings (SSSR count). The number of anilines is 1. The third-order valence-electron chi connectivity index (χ3n) is 5.99. The number of carbonyl (C=O) groups is 2. The van der Waals surface area contributed by atoms with E-state index in [0.717, 1.165) is 49.3 Å². The Morgan fingerprint density at radius 3 is 2.31 bits per heavy atom. The van der Waals surface area contributed by atoms with E-state index in [2.05, 4.69) is 17.1 Å². The zero-order valence-corrected chi connectivity index (χ0v) is 22.6. The van der Waals surface area contributed by atoms with Crippen molar-refractivity contribution >= 4 is 38.2 Å². The highest BCUT2D eigenvalue weighted by Crippen LogP contribution is 2.38. The number of sulfonamides is 1. The Hall–Kier alpha value is -2.27. The number of esters is 1. The second kappa shape index (κ2) is 12.1. The van der Waals surface area contributed by atoms with E-state index in [-0.39, 0.29) is 11.5 Å². The Bertz CT molecular complexity index is 1140. The van der Waals surface area contributed by atoms with Gasteiger partial charge in [0, 0.05) is 36.6 Å². The smallest absolute Gasteiger partial charge is 0.341 e. The van der Waals surface area contributed by atoms with Gasteiger partial charge in [-0.05, 0) is 62.6 Å². The summed E-state index contributed by atoms with van der Waals surface area (Å²) < 4.78 is 32.8. The van der Waals surface area contributed by atoms with E-state index in [1.54, 1.807) is 6.92 Å². The van der Waals surface area contributed by atoms with Crippen LogP contribution >= 0.6 is 11.3 Å². The minimum atomic E-state index is -3.62. The van der Waals surface area contributed by atoms with Gasteiger partial charge < -0.3 is 10.1 Å². The van der Waals surface area contributed by atoms with Crippen LogP contribution in [0.5, 0.6) is 0 Å². The minimum Gasteiger partial charge on any atom is -0.462 e. The van der Waals surface area contributed by atoms with Crippen LogP contribution in [0.4, 0.5) is 5.00 Å². The van der Waals surface area contributed by atoms with E-state index in [1.807, 2.05) is 13.8 Å². The van der Waals surface area contributed by atoms with Crippen molar-refractivity contribution < 1.29 is 22.7 Å². The number of hydrogen-bond acceptors (Lipinski definition) is 7. The molecule has 1 amide bonds. The molecule has 0 fully saturated rings. The van der Waals surface area contributed by atoms with Crippen LogP contribution in [-0.2, 0) is 27.7 Å². The van der Waals surface area contributed by atoms with E-state index in [9.17, 15) is 18.0 Å². The van der Waals surface area contributed by atoms with Gasteiger partial charge in [-0.2, -0.15) is 4.31 Å². The molecule has 10 heteroatoms. The molecular weight excluding hydrogens is 486 g/mol. The summed E-state index contributed by atoms with van der Waals surface area (Å²) in [7, 11) is -3.62. The molecule has 0 atom stereocenters. The van der Waals surface area contributed by atoms with Gasteiger partial charge in [0.05, 0.1) is 17.1 Å². The first-order valence-corrected chi connectivity index (χ1v) is 14.5. The van der Waals surface area contributed by atoms with Crippen molar-refractivity contribution in [1.82, 2.24) is 9.21 Å². The molecule has 0 saturated heterocycles. The molecule has 0 aliphatic carbocycles. The van der Waals surface area contributed by atoms with Crippen molar-refractivity contribution in [2.45, 2.75) is 58.4 Å². The van der Waals surface area contributed by atoms with Crippen molar-refractivity contribution in [2.24, 2.45) is 0 Å². The first kappa shape index (κ1) is 27.3. The Kier molecular flexibility index (Phi) is 9.46. The summed E-state index contributed by atoms with van der Waals surface area (Å²) in [5.74, 6) is -0.831. The Morgan fingerprint density at radius 2 is 1.74 bits per heavy atom. The SMILES string of the molecule is CCCN(CCC)S(=O)(=O)c1ccc(C(=O)Nc2sc3c(c2C(=O)OCC)CCN(CC)C3)cc1. The number of rotatable bonds is 11. The summed E-state index contributed by atoms with van der Waals surface area (Å²) in [5, 5.41) is 3.36. The van der Waals surface area contributed by atoms with Crippen molar-refractivity contribution in [3.63, 3.8) is 0 Å². The van der Waals surface area contributed by atoms with E-state index in [1.165, 1.54) is 39.9 Å². The van der Waals surface area contributed by atoms with Gasteiger partial charge in [0.15, 0.2) is 0 Å². The molecule has 0 spiro atoms. The minimum absolute atomic E-state index is 0.161. The molecule has 0 radical (unpaired) electrons. The van der Waals surface area contributed by atoms with E-state index in [4.69, 9.17) is 4.74 Å². The highest BCUT2D eigenvalue weighted by atomic mass is 32.2. The normalized spacial score (nSPS) is 14.1. The van der Waals surface area contributed by atoms with Crippen LogP contribution in [-0.4, -0.2) is 62.3 Å². The lowest BCUT2D eigenvalue weighted by molar-refractivity contribution is 0.0526. The number of nitrogens with one attached hydrogen (secondary N) is 1. The third-order valence-corrected chi connectivity index (χ3v) is 9.04. The van der Waals surface area contributed by atoms with Gasteiger partial charge >= 0.3 is 5.97 Å². The van der Waals surface area contributed by atoms with Crippen molar-refractivity contribution in [1.29, 1.82) is 0 Å². The summed E-state index contributed by atoms with van der Waals surface area (Å²) >= 11 is 1.40. The van der Waals surface area contributed by atoms with E-state index >= 15 is 0 Å². The van der Waals surface area contributed by atoms with Gasteiger partial charge in [0.1, 0.15) is 5.00 Å². The van der Waals surface area contributed by atoms with Gasteiger partial charge in [-0.3, -0.25) is 9.69 Å². The predicted molar refractivity (Wildman–Crippen MR) is 139 cm³/mol. The summed E-state index contributed by atoms with van der Waals surface area (Å²) in [6.45, 7) is 11.4. The molecule has 192 valence electrons. The number of nitrogens with zero attached hydrogens (tertiary/aromatic N) is 2. The van der Waals surface area contributed by atoms with Crippen LogP contribution in [0.25, 0.3) is 0 Å². The maximum Gasteiger partial charge on any atom is 0.341 e. The molecule has 35 heavy (non-hydrogen) atoms. The van der Waals surface area contributed by atoms with Gasteiger partial charge in [-0.25, -0.2) is 13.2 Å². The van der Waals surface area contributed by atoms with E-state index in [0.29, 0.717) is 29.2 Å². The number of amides is 1. The standard InChI is InChI=1S/C25H35N3O5S2/c1-5-14-28(15-6-2)35(31,32)19-11-9-18(10-12-19)23(29)26-24-22(25(30)33-8-4)20-13-16-27(7-3)17-21(20)34-24/h9-12H,5-8,13-17H2,1-4H3,(H,26,29). The van der Waals surface area contributed by atoms with Crippen LogP contribution in [0.2, 0.25) is 0 Å². The van der Waals surface area contributed by atoms with Crippen molar-refractivity contribution in [3.05, 3.63) is 45.8 Å². The molecule has 1 N–H and O–H groups in total. The topological polar surface area (TPSA) is 96.0 Å². The number of thiophene rings is 1. The van der Waals surface area contributed by atoms with Crippen molar-refractivity contribution in [3.8, 4) is 0 Å². The lowest BCUT2D eigenvalue weighted by Gasteiger charge is -2.25. The second-order valence-corrected chi connectivity index (χ2v) is 11.5. The van der Waals surface area contributed by atoms with Crippen LogP contribution in [0.15, 0.2) is 29.2 Å². The Morgan fingerprint density at radius 1 is 1.09 bits per heavy atom. The third kappa shape index (κ3) is 6.11. The maximum atomic E-state index is 13.1. The zero-order valence-electron chi connectivity index (χ0n) is 20.9. The van der Waals surface area contributed by atoms with Gasteiger partial charge in [0.2, 0.25) is 10.0 Å². The largest absolute Gasteiger partial charge is 0.462 e. The van der Waals surface area contributed by atoms with Crippen molar-refractivity contribution in [2.75, 3.05) is 38.1 Å². The lowest BCUT2D eigenvalue weighted by atomic mass is 10.0. The predicted octanol–water partition coefficient (Wildman–Crippen LogP) is 4.37. The monoisotopic (exact) mass is 521 g/mol. The van der Waals surface area contributed by atoms with Gasteiger partial charge in [0.25, 0.3) is 5.91 Å². The molecule has 1 aromatic heterocycles. The first-order valence-electron chi connectivity index (χ1n) is 12.2. The van der Waals surface area contributed by atoms with Gasteiger partial charge in [-0.1, -0.05) is 20.8 Å². The summed E-state index contributed by atoms with van der Waals surface area (Å²) in [6, 6.07) is 5.95. The number of ether oxygens (including phenoxy) is 1. The molecule has 8 nitrogen and oxygen atoms in total. The fourth-order valence-corrected chi connectivity index (χ4v) is 7.08. The fraction of sp³-hybridized carbons (Fsp3) is 0.520. The molecule has 2 heterocycles. The number of hydrogen-bond donors (Lipinski definition) is 1. The molecule has 1 aliphatic rings. The van der Waals surface area contributed by atoms with Crippen LogP contribution < -0.4 is 5.32 Å². The quantitative estimate of drug-likeness (QED) is 0.441. The molecule has 0 unspecified atom stereocenters. The first-order chi connectivity index (χ1) is 16.8. The molecular formula is C25H35N3O5S2. The lowest BCUT2D eigenvalue weighted by Crippen LogP contribution is -2.32. The summed E-state index contributed by atoms with van der Waals surface area (Å²) in [6.07, 6.45) is 2.18. The molecule has 0 saturated carbocycles. The Balaban J connectivity index is 1.85. The number of benzene rings is 1. The zero-order chi connectivity index (χ0) is 25.6. The Labute approximate surface area is 212 Å². The molecule has 2 aromatic rings. The highest BCUT2D eigenvalue weighted by Gasteiger charge is 2.29. The highest BCUT2D eigenvalue weighted by molar-refractivity contribution is 7.89. The molecule has 0 bridgehead atoms. The molecule has 1 aromatic carbocycles. The summed E-state index contributed by atoms with van der Waals surface area (Å²) in [4.78, 5) is 29.3. The van der Waals surface area contributed by atoms with Gasteiger partial charge in [-0.15, -0.1) is 11.3 Å². The average molecular weight is 522 g/mol. The van der Waals surface area contributed by atoms with Crippen LogP contribution in [0.1, 0.15) is 71.7 Å². The van der Waals surface area contributed by atoms with Crippen LogP contribution in [0, 0.1) is 0 Å². The number of carbonyl (C=O) groups excluding carboxylic acids is 2. The second-order valence-electron chi connectivity index (χ2n) is 8.43. The summed E-state index contributed by atoms with van der Waals surface area (Å²) in [5.41, 5.74) is 1.70. The number of fused-ring (bicyclic) bond motifs is 1. The van der Waals surface area contributed by atoms with E-state index < -0.39 is 21.9 Å². The average Bonchev–Trinajstić information content (AvgIpc) is 3.20. The maximum absolute atomic E-state index is 13.1. The fourth-order valence-electron chi connectivity index (χ4n) is 4.19. The van der Waals surface area contributed by atoms with Crippen LogP contribution in [0.3, 0.4) is 0 Å². The number of likely N-dealkylation sites (N-methyl/N-ethyl adjacent to an activating group) is 1.